The van der Waals surface area contributed by atoms with E-state index < -0.39 is 17.3 Å². The van der Waals surface area contributed by atoms with Crippen molar-refractivity contribution >= 4 is 35.3 Å². The monoisotopic (exact) mass is 240 g/mol. The number of carbonyl (C=O) groups is 4. The van der Waals surface area contributed by atoms with Gasteiger partial charge in [0, 0.05) is 18.4 Å². The summed E-state index contributed by atoms with van der Waals surface area (Å²) >= 11 is 0. The SMILES string of the molecule is O=C1CC=c2cc3c(cc2C1)=CC(=O)C(=O)C3=O. The molecule has 4 heteroatoms. The lowest BCUT2D eigenvalue weighted by atomic mass is 9.90. The maximum Gasteiger partial charge on any atom is 0.273 e. The topological polar surface area (TPSA) is 68.3 Å². The Bertz CT molecular complexity index is 753. The molecule has 3 rings (SSSR count). The van der Waals surface area contributed by atoms with Gasteiger partial charge in [0.1, 0.15) is 5.78 Å². The first-order valence-corrected chi connectivity index (χ1v) is 5.56. The van der Waals surface area contributed by atoms with Crippen LogP contribution in [0.25, 0.3) is 12.2 Å². The normalized spacial score (nSPS) is 17.8. The fourth-order valence-corrected chi connectivity index (χ4v) is 2.29. The van der Waals surface area contributed by atoms with Crippen LogP contribution in [0.15, 0.2) is 12.1 Å². The average molecular weight is 240 g/mol. The molecule has 0 N–H and O–H groups in total. The van der Waals surface area contributed by atoms with Crippen molar-refractivity contribution in [1.82, 2.24) is 0 Å². The third kappa shape index (κ3) is 1.46. The molecule has 0 saturated heterocycles. The van der Waals surface area contributed by atoms with E-state index in [4.69, 9.17) is 0 Å². The molecule has 0 spiro atoms. The van der Waals surface area contributed by atoms with Crippen LogP contribution in [0.2, 0.25) is 0 Å². The van der Waals surface area contributed by atoms with Crippen LogP contribution >= 0.6 is 0 Å². The van der Waals surface area contributed by atoms with E-state index in [1.54, 1.807) is 18.2 Å². The van der Waals surface area contributed by atoms with E-state index in [9.17, 15) is 19.2 Å². The van der Waals surface area contributed by atoms with Crippen LogP contribution in [0.5, 0.6) is 0 Å². The smallest absolute Gasteiger partial charge is 0.273 e. The quantitative estimate of drug-likeness (QED) is 0.551. The van der Waals surface area contributed by atoms with Gasteiger partial charge in [0.15, 0.2) is 0 Å². The van der Waals surface area contributed by atoms with E-state index in [-0.39, 0.29) is 11.3 Å². The molecule has 0 heterocycles. The van der Waals surface area contributed by atoms with Gasteiger partial charge in [0.05, 0.1) is 0 Å². The average Bonchev–Trinajstić information content (AvgIpc) is 2.34. The van der Waals surface area contributed by atoms with Gasteiger partial charge in [-0.1, -0.05) is 6.08 Å². The second-order valence-electron chi connectivity index (χ2n) is 4.43. The minimum Gasteiger partial charge on any atom is -0.299 e. The summed E-state index contributed by atoms with van der Waals surface area (Å²) < 4.78 is 0. The Hall–Kier alpha value is -2.36. The zero-order valence-corrected chi connectivity index (χ0v) is 9.36. The molecule has 0 aromatic heterocycles. The number of hydrogen-bond acceptors (Lipinski definition) is 4. The molecule has 0 radical (unpaired) electrons. The van der Waals surface area contributed by atoms with Crippen LogP contribution in [-0.4, -0.2) is 23.1 Å². The lowest BCUT2D eigenvalue weighted by molar-refractivity contribution is -0.130. The Kier molecular flexibility index (Phi) is 2.13. The Morgan fingerprint density at radius 3 is 2.44 bits per heavy atom. The first kappa shape index (κ1) is 10.8. The lowest BCUT2D eigenvalue weighted by Crippen LogP contribution is -2.36. The summed E-state index contributed by atoms with van der Waals surface area (Å²) in [5.74, 6) is -2.44. The highest BCUT2D eigenvalue weighted by atomic mass is 16.2. The lowest BCUT2D eigenvalue weighted by Gasteiger charge is -2.11. The Labute approximate surface area is 102 Å². The molecule has 0 aliphatic heterocycles. The molecule has 0 amide bonds. The van der Waals surface area contributed by atoms with E-state index in [1.165, 1.54) is 6.08 Å². The summed E-state index contributed by atoms with van der Waals surface area (Å²) in [5.41, 5.74) is 1.06. The van der Waals surface area contributed by atoms with Crippen LogP contribution in [0.1, 0.15) is 22.3 Å². The molecule has 88 valence electrons. The number of rotatable bonds is 0. The first-order valence-electron chi connectivity index (χ1n) is 5.56. The molecule has 0 saturated carbocycles. The van der Waals surface area contributed by atoms with E-state index in [0.29, 0.717) is 18.1 Å². The largest absolute Gasteiger partial charge is 0.299 e. The molecular weight excluding hydrogens is 232 g/mol. The second-order valence-corrected chi connectivity index (χ2v) is 4.43. The van der Waals surface area contributed by atoms with Crippen molar-refractivity contribution in [3.63, 3.8) is 0 Å². The number of ketones is 4. The van der Waals surface area contributed by atoms with Gasteiger partial charge in [-0.25, -0.2) is 0 Å². The molecule has 18 heavy (non-hydrogen) atoms. The van der Waals surface area contributed by atoms with Crippen LogP contribution in [0, 0.1) is 0 Å². The molecule has 1 aromatic rings. The standard InChI is InChI=1S/C14H8O4/c15-10-2-1-7-5-11-9(3-8(7)4-10)6-12(16)14(18)13(11)17/h1,3,5-6H,2,4H2. The maximum absolute atomic E-state index is 11.7. The highest BCUT2D eigenvalue weighted by Gasteiger charge is 2.28. The number of fused-ring (bicyclic) bond motifs is 2. The fourth-order valence-electron chi connectivity index (χ4n) is 2.29. The molecule has 0 bridgehead atoms. The van der Waals surface area contributed by atoms with Crippen molar-refractivity contribution in [2.24, 2.45) is 0 Å². The van der Waals surface area contributed by atoms with Gasteiger partial charge in [-0.2, -0.15) is 0 Å². The first-order chi connectivity index (χ1) is 8.56. The van der Waals surface area contributed by atoms with Gasteiger partial charge in [-0.3, -0.25) is 19.2 Å². The Morgan fingerprint density at radius 2 is 1.67 bits per heavy atom. The van der Waals surface area contributed by atoms with Crippen molar-refractivity contribution in [3.05, 3.63) is 33.7 Å². The molecule has 4 nitrogen and oxygen atoms in total. The molecule has 0 unspecified atom stereocenters. The minimum atomic E-state index is -0.991. The van der Waals surface area contributed by atoms with E-state index in [2.05, 4.69) is 0 Å². The van der Waals surface area contributed by atoms with Gasteiger partial charge in [-0.15, -0.1) is 0 Å². The summed E-state index contributed by atoms with van der Waals surface area (Å²) in [5, 5.41) is 1.24. The van der Waals surface area contributed by atoms with E-state index in [1.807, 2.05) is 0 Å². The number of benzene rings is 1. The molecule has 1 aromatic carbocycles. The van der Waals surface area contributed by atoms with Gasteiger partial charge < -0.3 is 0 Å². The molecule has 2 aliphatic rings. The third-order valence-electron chi connectivity index (χ3n) is 3.21. The summed E-state index contributed by atoms with van der Waals surface area (Å²) in [6.45, 7) is 0. The van der Waals surface area contributed by atoms with Crippen molar-refractivity contribution in [2.45, 2.75) is 12.8 Å². The predicted molar refractivity (Wildman–Crippen MR) is 62.3 cm³/mol. The minimum absolute atomic E-state index is 0.104. The molecule has 0 fully saturated rings. The zero-order valence-electron chi connectivity index (χ0n) is 9.36. The molecular formula is C14H8O4. The number of carbonyl (C=O) groups excluding carboxylic acids is 4. The van der Waals surface area contributed by atoms with Crippen molar-refractivity contribution < 1.29 is 19.2 Å². The van der Waals surface area contributed by atoms with Gasteiger partial charge >= 0.3 is 0 Å². The van der Waals surface area contributed by atoms with Gasteiger partial charge in [-0.05, 0) is 34.2 Å². The second kappa shape index (κ2) is 3.57. The summed E-state index contributed by atoms with van der Waals surface area (Å²) in [7, 11) is 0. The summed E-state index contributed by atoms with van der Waals surface area (Å²) in [6.07, 6.45) is 3.56. The summed E-state index contributed by atoms with van der Waals surface area (Å²) in [4.78, 5) is 45.7. The van der Waals surface area contributed by atoms with Crippen LogP contribution in [0.3, 0.4) is 0 Å². The van der Waals surface area contributed by atoms with Gasteiger partial charge in [0.25, 0.3) is 5.78 Å². The third-order valence-corrected chi connectivity index (χ3v) is 3.21. The van der Waals surface area contributed by atoms with Crippen LogP contribution in [-0.2, 0) is 20.8 Å². The zero-order chi connectivity index (χ0) is 12.9. The fraction of sp³-hybridized carbons (Fsp3) is 0.143. The number of Topliss-reactive ketones (excluding diaryl/α,β-unsaturated/α-hetero) is 4. The van der Waals surface area contributed by atoms with Crippen molar-refractivity contribution in [2.75, 3.05) is 0 Å². The van der Waals surface area contributed by atoms with Gasteiger partial charge in [0.2, 0.25) is 11.6 Å². The van der Waals surface area contributed by atoms with Crippen LogP contribution in [0.4, 0.5) is 0 Å². The molecule has 2 aliphatic carbocycles. The van der Waals surface area contributed by atoms with E-state index >= 15 is 0 Å². The summed E-state index contributed by atoms with van der Waals surface area (Å²) in [6, 6.07) is 3.25. The van der Waals surface area contributed by atoms with Crippen LogP contribution < -0.4 is 10.4 Å². The Morgan fingerprint density at radius 1 is 0.889 bits per heavy atom. The van der Waals surface area contributed by atoms with E-state index in [0.717, 1.165) is 10.8 Å². The highest BCUT2D eigenvalue weighted by Crippen LogP contribution is 2.06. The highest BCUT2D eigenvalue weighted by molar-refractivity contribution is 6.73. The maximum atomic E-state index is 11.7. The Balaban J connectivity index is 2.34. The van der Waals surface area contributed by atoms with Crippen molar-refractivity contribution in [3.8, 4) is 0 Å². The number of hydrogen-bond donors (Lipinski definition) is 0. The van der Waals surface area contributed by atoms with Crippen molar-refractivity contribution in [1.29, 1.82) is 0 Å². The molecule has 0 atom stereocenters. The predicted octanol–water partition coefficient (Wildman–Crippen LogP) is -0.903.